The van der Waals surface area contributed by atoms with Crippen molar-refractivity contribution in [2.75, 3.05) is 0 Å². The van der Waals surface area contributed by atoms with Crippen molar-refractivity contribution in [2.45, 2.75) is 142 Å². The summed E-state index contributed by atoms with van der Waals surface area (Å²) >= 11 is 0. The van der Waals surface area contributed by atoms with Gasteiger partial charge in [-0.3, -0.25) is 0 Å². The Morgan fingerprint density at radius 1 is 0.458 bits per heavy atom. The predicted octanol–water partition coefficient (Wildman–Crippen LogP) is 8.34. The van der Waals surface area contributed by atoms with Crippen LogP contribution in [0.3, 0.4) is 0 Å². The minimum atomic E-state index is 0. The molecule has 0 spiro atoms. The molecule has 2 heteroatoms. The Bertz CT molecular complexity index is 194. The Balaban J connectivity index is 0. The van der Waals surface area contributed by atoms with E-state index in [4.69, 9.17) is 5.73 Å². The summed E-state index contributed by atoms with van der Waals surface area (Å²) in [7, 11) is 0. The van der Waals surface area contributed by atoms with E-state index in [2.05, 4.69) is 20.8 Å². The fourth-order valence-corrected chi connectivity index (χ4v) is 3.62. The van der Waals surface area contributed by atoms with E-state index in [-0.39, 0.29) is 22.5 Å². The highest BCUT2D eigenvalue weighted by atomic mass is 79.9. The highest BCUT2D eigenvalue weighted by Crippen LogP contribution is 2.26. The average Bonchev–Trinajstić information content (AvgIpc) is 2.54. The number of halogens is 1. The van der Waals surface area contributed by atoms with Gasteiger partial charge in [-0.1, -0.05) is 117 Å². The summed E-state index contributed by atoms with van der Waals surface area (Å²) in [6.45, 7) is 6.87. The van der Waals surface area contributed by atoms with E-state index in [1.54, 1.807) is 0 Å². The van der Waals surface area contributed by atoms with Crippen molar-refractivity contribution in [2.24, 2.45) is 5.73 Å². The van der Waals surface area contributed by atoms with E-state index in [1.165, 1.54) is 116 Å². The minimum absolute atomic E-state index is 0. The third kappa shape index (κ3) is 17.3. The van der Waals surface area contributed by atoms with Gasteiger partial charge in [0.2, 0.25) is 0 Å². The first kappa shape index (κ1) is 26.7. The Morgan fingerprint density at radius 3 is 0.958 bits per heavy atom. The van der Waals surface area contributed by atoms with Crippen molar-refractivity contribution in [3.63, 3.8) is 0 Å². The van der Waals surface area contributed by atoms with Gasteiger partial charge < -0.3 is 5.73 Å². The molecule has 0 saturated heterocycles. The number of hydrogen-bond acceptors (Lipinski definition) is 1. The molecule has 0 aromatic carbocycles. The monoisotopic (exact) mass is 405 g/mol. The van der Waals surface area contributed by atoms with E-state index >= 15 is 0 Å². The molecule has 0 bridgehead atoms. The zero-order chi connectivity index (χ0) is 17.2. The number of hydrogen-bond donors (Lipinski definition) is 1. The molecule has 0 aromatic heterocycles. The molecule has 0 radical (unpaired) electrons. The highest BCUT2D eigenvalue weighted by molar-refractivity contribution is 8.93. The SMILES string of the molecule is Br.CCCCCCCC(N)(CCCCCCC)CCCCCCC. The Labute approximate surface area is 164 Å². The maximum atomic E-state index is 6.84. The van der Waals surface area contributed by atoms with Crippen molar-refractivity contribution in [1.82, 2.24) is 0 Å². The molecule has 0 aliphatic rings. The summed E-state index contributed by atoms with van der Waals surface area (Å²) in [5.74, 6) is 0. The Hall–Kier alpha value is 0.440. The van der Waals surface area contributed by atoms with Crippen molar-refractivity contribution < 1.29 is 0 Å². The van der Waals surface area contributed by atoms with Gasteiger partial charge in [-0.15, -0.1) is 17.0 Å². The highest BCUT2D eigenvalue weighted by Gasteiger charge is 2.23. The predicted molar refractivity (Wildman–Crippen MR) is 117 cm³/mol. The summed E-state index contributed by atoms with van der Waals surface area (Å²) < 4.78 is 0. The molecule has 0 aromatic rings. The van der Waals surface area contributed by atoms with Gasteiger partial charge in [0.15, 0.2) is 0 Å². The van der Waals surface area contributed by atoms with Gasteiger partial charge >= 0.3 is 0 Å². The summed E-state index contributed by atoms with van der Waals surface area (Å²) in [5.41, 5.74) is 6.99. The maximum Gasteiger partial charge on any atom is 0.0154 e. The summed E-state index contributed by atoms with van der Waals surface area (Å²) in [6.07, 6.45) is 24.4. The van der Waals surface area contributed by atoms with Gasteiger partial charge in [0.05, 0.1) is 0 Å². The van der Waals surface area contributed by atoms with E-state index in [1.807, 2.05) is 0 Å². The Kier molecular flexibility index (Phi) is 22.0. The van der Waals surface area contributed by atoms with Crippen molar-refractivity contribution in [3.8, 4) is 0 Å². The molecule has 1 nitrogen and oxygen atoms in total. The van der Waals surface area contributed by atoms with Gasteiger partial charge in [-0.2, -0.15) is 0 Å². The molecular weight excluding hydrogens is 358 g/mol. The summed E-state index contributed by atoms with van der Waals surface area (Å²) in [4.78, 5) is 0. The van der Waals surface area contributed by atoms with Gasteiger partial charge in [-0.25, -0.2) is 0 Å². The average molecular weight is 407 g/mol. The van der Waals surface area contributed by atoms with Crippen molar-refractivity contribution in [3.05, 3.63) is 0 Å². The summed E-state index contributed by atoms with van der Waals surface area (Å²) in [5, 5.41) is 0. The van der Waals surface area contributed by atoms with Gasteiger partial charge in [0.25, 0.3) is 0 Å². The van der Waals surface area contributed by atoms with Gasteiger partial charge in [0.1, 0.15) is 0 Å². The number of rotatable bonds is 18. The molecular formula is C22H48BrN. The minimum Gasteiger partial charge on any atom is -0.325 e. The third-order valence-corrected chi connectivity index (χ3v) is 5.33. The van der Waals surface area contributed by atoms with Gasteiger partial charge in [0, 0.05) is 5.54 Å². The van der Waals surface area contributed by atoms with Crippen LogP contribution in [-0.2, 0) is 0 Å². The van der Waals surface area contributed by atoms with E-state index in [9.17, 15) is 0 Å². The maximum absolute atomic E-state index is 6.84. The lowest BCUT2D eigenvalue weighted by molar-refractivity contribution is 0.303. The molecule has 0 fully saturated rings. The lowest BCUT2D eigenvalue weighted by atomic mass is 9.82. The molecule has 0 rings (SSSR count). The molecule has 0 saturated carbocycles. The zero-order valence-electron chi connectivity index (χ0n) is 17.2. The third-order valence-electron chi connectivity index (χ3n) is 5.33. The van der Waals surface area contributed by atoms with E-state index in [0.717, 1.165) is 0 Å². The van der Waals surface area contributed by atoms with Crippen LogP contribution in [-0.4, -0.2) is 5.54 Å². The lowest BCUT2D eigenvalue weighted by Gasteiger charge is -2.30. The zero-order valence-corrected chi connectivity index (χ0v) is 18.9. The topological polar surface area (TPSA) is 26.0 Å². The normalized spacial score (nSPS) is 11.5. The van der Waals surface area contributed by atoms with Gasteiger partial charge in [-0.05, 0) is 19.3 Å². The molecule has 0 aliphatic heterocycles. The van der Waals surface area contributed by atoms with Crippen LogP contribution in [0.1, 0.15) is 136 Å². The van der Waals surface area contributed by atoms with Crippen molar-refractivity contribution in [1.29, 1.82) is 0 Å². The molecule has 0 atom stereocenters. The fraction of sp³-hybridized carbons (Fsp3) is 1.00. The smallest absolute Gasteiger partial charge is 0.0154 e. The van der Waals surface area contributed by atoms with Crippen LogP contribution in [0.15, 0.2) is 0 Å². The van der Waals surface area contributed by atoms with Crippen LogP contribution in [0.25, 0.3) is 0 Å². The fourth-order valence-electron chi connectivity index (χ4n) is 3.62. The standard InChI is InChI=1S/C22H47N.BrH/c1-4-7-10-13-16-19-22(23,20-17-14-11-8-5-2)21-18-15-12-9-6-3;/h4-21,23H2,1-3H3;1H. The number of unbranched alkanes of at least 4 members (excludes halogenated alkanes) is 12. The largest absolute Gasteiger partial charge is 0.325 e. The first-order valence-corrected chi connectivity index (χ1v) is 11.0. The Morgan fingerprint density at radius 2 is 0.708 bits per heavy atom. The van der Waals surface area contributed by atoms with Crippen LogP contribution >= 0.6 is 17.0 Å². The second-order valence-corrected chi connectivity index (χ2v) is 7.86. The number of nitrogens with two attached hydrogens (primary N) is 1. The molecule has 0 heterocycles. The molecule has 24 heavy (non-hydrogen) atoms. The molecule has 0 amide bonds. The van der Waals surface area contributed by atoms with E-state index in [0.29, 0.717) is 0 Å². The van der Waals surface area contributed by atoms with E-state index < -0.39 is 0 Å². The molecule has 148 valence electrons. The molecule has 2 N–H and O–H groups in total. The van der Waals surface area contributed by atoms with Crippen LogP contribution in [0.4, 0.5) is 0 Å². The lowest BCUT2D eigenvalue weighted by Crippen LogP contribution is -2.39. The first-order chi connectivity index (χ1) is 11.2. The van der Waals surface area contributed by atoms with Crippen LogP contribution in [0.5, 0.6) is 0 Å². The van der Waals surface area contributed by atoms with Crippen LogP contribution < -0.4 is 5.73 Å². The van der Waals surface area contributed by atoms with Crippen molar-refractivity contribution >= 4 is 17.0 Å². The first-order valence-electron chi connectivity index (χ1n) is 11.0. The summed E-state index contributed by atoms with van der Waals surface area (Å²) in [6, 6.07) is 0. The second-order valence-electron chi connectivity index (χ2n) is 7.86. The molecule has 0 aliphatic carbocycles. The quantitative estimate of drug-likeness (QED) is 0.227. The second kappa shape index (κ2) is 19.8. The van der Waals surface area contributed by atoms with Crippen LogP contribution in [0.2, 0.25) is 0 Å². The molecule has 0 unspecified atom stereocenters. The van der Waals surface area contributed by atoms with Crippen LogP contribution in [0, 0.1) is 0 Å².